The quantitative estimate of drug-likeness (QED) is 0.548. The Morgan fingerprint density at radius 3 is 2.79 bits per heavy atom. The highest BCUT2D eigenvalue weighted by atomic mass is 32.2. The predicted molar refractivity (Wildman–Crippen MR) is 75.3 cm³/mol. The van der Waals surface area contributed by atoms with Gasteiger partial charge in [0.1, 0.15) is 0 Å². The van der Waals surface area contributed by atoms with Gasteiger partial charge in [0.15, 0.2) is 0 Å². The van der Waals surface area contributed by atoms with E-state index in [1.165, 1.54) is 4.31 Å². The summed E-state index contributed by atoms with van der Waals surface area (Å²) in [6, 6.07) is 3.60. The normalized spacial score (nSPS) is 11.7. The first-order valence-electron chi connectivity index (χ1n) is 6.15. The molecule has 106 valence electrons. The van der Waals surface area contributed by atoms with Crippen molar-refractivity contribution in [1.29, 1.82) is 5.41 Å². The van der Waals surface area contributed by atoms with Gasteiger partial charge in [-0.25, -0.2) is 8.42 Å². The van der Waals surface area contributed by atoms with E-state index in [4.69, 9.17) is 11.1 Å². The third-order valence-electron chi connectivity index (χ3n) is 2.57. The van der Waals surface area contributed by atoms with Crippen LogP contribution in [0.5, 0.6) is 0 Å². The molecular weight excluding hydrogens is 264 g/mol. The Labute approximate surface area is 114 Å². The van der Waals surface area contributed by atoms with Crippen molar-refractivity contribution in [3.8, 4) is 0 Å². The molecule has 7 heteroatoms. The Morgan fingerprint density at radius 2 is 2.26 bits per heavy atom. The fourth-order valence-electron chi connectivity index (χ4n) is 1.64. The van der Waals surface area contributed by atoms with Crippen LogP contribution in [0.4, 0.5) is 0 Å². The standard InChI is InChI=1S/C12H20N4O2S/c1-2-8-19(17,18)16(7-5-12(13)14)10-11-4-3-6-15-9-11/h3-4,6,9H,2,5,7-8,10H2,1H3,(H3,13,14). The van der Waals surface area contributed by atoms with Crippen LogP contribution in [0.25, 0.3) is 0 Å². The van der Waals surface area contributed by atoms with E-state index in [1.54, 1.807) is 18.5 Å². The van der Waals surface area contributed by atoms with Crippen molar-refractivity contribution < 1.29 is 8.42 Å². The molecule has 0 atom stereocenters. The number of rotatable bonds is 8. The van der Waals surface area contributed by atoms with Gasteiger partial charge in [-0.3, -0.25) is 10.4 Å². The van der Waals surface area contributed by atoms with Crippen LogP contribution < -0.4 is 5.73 Å². The smallest absolute Gasteiger partial charge is 0.214 e. The fourth-order valence-corrected chi connectivity index (χ4v) is 3.13. The Kier molecular flexibility index (Phi) is 5.91. The zero-order valence-electron chi connectivity index (χ0n) is 11.0. The Bertz CT molecular complexity index is 502. The van der Waals surface area contributed by atoms with Crippen molar-refractivity contribution in [2.75, 3.05) is 12.3 Å². The highest BCUT2D eigenvalue weighted by Crippen LogP contribution is 2.10. The summed E-state index contributed by atoms with van der Waals surface area (Å²) < 4.78 is 25.7. The van der Waals surface area contributed by atoms with Crippen LogP contribution in [-0.2, 0) is 16.6 Å². The minimum Gasteiger partial charge on any atom is -0.388 e. The molecule has 0 radical (unpaired) electrons. The lowest BCUT2D eigenvalue weighted by molar-refractivity contribution is 0.414. The second kappa shape index (κ2) is 7.20. The minimum atomic E-state index is -3.31. The molecular formula is C12H20N4O2S. The van der Waals surface area contributed by atoms with E-state index in [1.807, 2.05) is 13.0 Å². The highest BCUT2D eigenvalue weighted by molar-refractivity contribution is 7.89. The zero-order chi connectivity index (χ0) is 14.3. The van der Waals surface area contributed by atoms with Crippen molar-refractivity contribution in [1.82, 2.24) is 9.29 Å². The molecule has 0 unspecified atom stereocenters. The number of hydrogen-bond acceptors (Lipinski definition) is 4. The van der Waals surface area contributed by atoms with Crippen molar-refractivity contribution in [2.45, 2.75) is 26.3 Å². The van der Waals surface area contributed by atoms with Crippen LogP contribution in [0.15, 0.2) is 24.5 Å². The number of nitrogens with zero attached hydrogens (tertiary/aromatic N) is 2. The Hall–Kier alpha value is -1.47. The third-order valence-corrected chi connectivity index (χ3v) is 4.59. The van der Waals surface area contributed by atoms with Gasteiger partial charge in [0.05, 0.1) is 11.6 Å². The molecule has 0 bridgehead atoms. The molecule has 1 heterocycles. The number of amidine groups is 1. The molecule has 3 N–H and O–H groups in total. The lowest BCUT2D eigenvalue weighted by atomic mass is 10.3. The van der Waals surface area contributed by atoms with Gasteiger partial charge in [-0.1, -0.05) is 13.0 Å². The zero-order valence-corrected chi connectivity index (χ0v) is 11.9. The molecule has 0 aliphatic heterocycles. The molecule has 0 fully saturated rings. The average Bonchev–Trinajstić information content (AvgIpc) is 2.35. The lowest BCUT2D eigenvalue weighted by Crippen LogP contribution is -2.35. The van der Waals surface area contributed by atoms with Gasteiger partial charge in [0.25, 0.3) is 0 Å². The summed E-state index contributed by atoms with van der Waals surface area (Å²) in [5.41, 5.74) is 6.13. The number of pyridine rings is 1. The molecule has 0 aliphatic rings. The van der Waals surface area contributed by atoms with Gasteiger partial charge in [0, 0.05) is 31.9 Å². The molecule has 19 heavy (non-hydrogen) atoms. The van der Waals surface area contributed by atoms with E-state index < -0.39 is 10.0 Å². The van der Waals surface area contributed by atoms with Gasteiger partial charge in [-0.2, -0.15) is 4.31 Å². The van der Waals surface area contributed by atoms with Gasteiger partial charge in [-0.05, 0) is 18.1 Å². The van der Waals surface area contributed by atoms with Gasteiger partial charge in [-0.15, -0.1) is 0 Å². The van der Waals surface area contributed by atoms with Crippen molar-refractivity contribution in [2.24, 2.45) is 5.73 Å². The first kappa shape index (κ1) is 15.6. The molecule has 1 aromatic rings. The molecule has 0 amide bonds. The van der Waals surface area contributed by atoms with Crippen LogP contribution in [0.1, 0.15) is 25.3 Å². The van der Waals surface area contributed by atoms with Crippen LogP contribution in [0.3, 0.4) is 0 Å². The second-order valence-electron chi connectivity index (χ2n) is 4.29. The van der Waals surface area contributed by atoms with Crippen molar-refractivity contribution in [3.63, 3.8) is 0 Å². The van der Waals surface area contributed by atoms with Gasteiger partial charge >= 0.3 is 0 Å². The summed E-state index contributed by atoms with van der Waals surface area (Å²) in [6.45, 7) is 2.32. The van der Waals surface area contributed by atoms with E-state index in [0.717, 1.165) is 5.56 Å². The SMILES string of the molecule is CCCS(=O)(=O)N(CCC(=N)N)Cc1cccnc1. The van der Waals surface area contributed by atoms with Crippen molar-refractivity contribution >= 4 is 15.9 Å². The summed E-state index contributed by atoms with van der Waals surface area (Å²) >= 11 is 0. The topological polar surface area (TPSA) is 100 Å². The van der Waals surface area contributed by atoms with Gasteiger partial charge < -0.3 is 5.73 Å². The highest BCUT2D eigenvalue weighted by Gasteiger charge is 2.21. The van der Waals surface area contributed by atoms with Crippen LogP contribution in [0, 0.1) is 5.41 Å². The van der Waals surface area contributed by atoms with Gasteiger partial charge in [0.2, 0.25) is 10.0 Å². The van der Waals surface area contributed by atoms with E-state index in [0.29, 0.717) is 6.42 Å². The first-order valence-corrected chi connectivity index (χ1v) is 7.76. The van der Waals surface area contributed by atoms with E-state index in [-0.39, 0.29) is 31.1 Å². The van der Waals surface area contributed by atoms with E-state index in [9.17, 15) is 8.42 Å². The Morgan fingerprint density at radius 1 is 1.53 bits per heavy atom. The maximum atomic E-state index is 12.1. The summed E-state index contributed by atoms with van der Waals surface area (Å²) in [5, 5.41) is 7.22. The van der Waals surface area contributed by atoms with Crippen LogP contribution in [-0.4, -0.2) is 35.8 Å². The number of aromatic nitrogens is 1. The summed E-state index contributed by atoms with van der Waals surface area (Å²) in [6.07, 6.45) is 4.08. The largest absolute Gasteiger partial charge is 0.388 e. The first-order chi connectivity index (χ1) is 8.95. The monoisotopic (exact) mass is 284 g/mol. The molecule has 0 saturated carbocycles. The summed E-state index contributed by atoms with van der Waals surface area (Å²) in [7, 11) is -3.31. The summed E-state index contributed by atoms with van der Waals surface area (Å²) in [4.78, 5) is 3.97. The molecule has 0 aromatic carbocycles. The van der Waals surface area contributed by atoms with E-state index in [2.05, 4.69) is 4.98 Å². The molecule has 1 aromatic heterocycles. The third kappa shape index (κ3) is 5.35. The number of sulfonamides is 1. The lowest BCUT2D eigenvalue weighted by Gasteiger charge is -2.21. The number of nitrogens with two attached hydrogens (primary N) is 1. The summed E-state index contributed by atoms with van der Waals surface area (Å²) in [5.74, 6) is 0.0911. The second-order valence-corrected chi connectivity index (χ2v) is 6.37. The molecule has 6 nitrogen and oxygen atoms in total. The van der Waals surface area contributed by atoms with Crippen molar-refractivity contribution in [3.05, 3.63) is 30.1 Å². The number of hydrogen-bond donors (Lipinski definition) is 2. The molecule has 1 rings (SSSR count). The average molecular weight is 284 g/mol. The molecule has 0 aliphatic carbocycles. The maximum absolute atomic E-state index is 12.1. The van der Waals surface area contributed by atoms with E-state index >= 15 is 0 Å². The molecule has 0 saturated heterocycles. The van der Waals surface area contributed by atoms with Crippen LogP contribution >= 0.6 is 0 Å². The van der Waals surface area contributed by atoms with Crippen LogP contribution in [0.2, 0.25) is 0 Å². The predicted octanol–water partition coefficient (Wildman–Crippen LogP) is 0.949. The maximum Gasteiger partial charge on any atom is 0.214 e. The number of nitrogens with one attached hydrogen (secondary N) is 1. The fraction of sp³-hybridized carbons (Fsp3) is 0.500. The minimum absolute atomic E-state index is 0.0112. The molecule has 0 spiro atoms. The Balaban J connectivity index is 2.83.